The monoisotopic (exact) mass is 230 g/mol. The molecule has 0 bridgehead atoms. The lowest BCUT2D eigenvalue weighted by Crippen LogP contribution is -2.30. The Morgan fingerprint density at radius 2 is 1.94 bits per heavy atom. The third-order valence-electron chi connectivity index (χ3n) is 2.47. The zero-order valence-corrected chi connectivity index (χ0v) is 9.59. The first kappa shape index (κ1) is 11.3. The molecule has 0 aliphatic carbocycles. The number of hydrogen-bond acceptors (Lipinski definition) is 3. The standard InChI is InChI=1S/C13H14N2O2/c1-2-15(10-6-4-3-5-7-10)13(16)11-8-9-12(14)17-11/h3-9H,2,14H2,1H3. The molecule has 0 radical (unpaired) electrons. The van der Waals surface area contributed by atoms with Crippen LogP contribution in [0.1, 0.15) is 17.5 Å². The highest BCUT2D eigenvalue weighted by molar-refractivity contribution is 6.04. The summed E-state index contributed by atoms with van der Waals surface area (Å²) in [6, 6.07) is 12.6. The summed E-state index contributed by atoms with van der Waals surface area (Å²) < 4.78 is 5.14. The largest absolute Gasteiger partial charge is 0.436 e. The number of carbonyl (C=O) groups excluding carboxylic acids is 1. The van der Waals surface area contributed by atoms with Gasteiger partial charge >= 0.3 is 0 Å². The number of hydrogen-bond donors (Lipinski definition) is 1. The van der Waals surface area contributed by atoms with Crippen molar-refractivity contribution < 1.29 is 9.21 Å². The van der Waals surface area contributed by atoms with Crippen LogP contribution in [0, 0.1) is 0 Å². The van der Waals surface area contributed by atoms with Crippen LogP contribution in [-0.2, 0) is 0 Å². The molecule has 1 aromatic heterocycles. The van der Waals surface area contributed by atoms with E-state index in [1.807, 2.05) is 37.3 Å². The molecule has 0 unspecified atom stereocenters. The number of furan rings is 1. The second-order valence-electron chi connectivity index (χ2n) is 3.59. The minimum absolute atomic E-state index is 0.185. The van der Waals surface area contributed by atoms with Crippen molar-refractivity contribution in [2.24, 2.45) is 0 Å². The molecule has 0 saturated heterocycles. The van der Waals surface area contributed by atoms with E-state index in [4.69, 9.17) is 10.2 Å². The van der Waals surface area contributed by atoms with E-state index in [2.05, 4.69) is 0 Å². The molecule has 0 atom stereocenters. The van der Waals surface area contributed by atoms with Gasteiger partial charge in [-0.05, 0) is 25.1 Å². The number of amides is 1. The van der Waals surface area contributed by atoms with Gasteiger partial charge in [0, 0.05) is 18.3 Å². The van der Waals surface area contributed by atoms with E-state index < -0.39 is 0 Å². The van der Waals surface area contributed by atoms with Gasteiger partial charge in [0.25, 0.3) is 5.91 Å². The summed E-state index contributed by atoms with van der Waals surface area (Å²) in [6.07, 6.45) is 0. The molecule has 2 N–H and O–H groups in total. The molecule has 1 aromatic carbocycles. The molecular formula is C13H14N2O2. The summed E-state index contributed by atoms with van der Waals surface area (Å²) in [5.41, 5.74) is 6.30. The molecule has 17 heavy (non-hydrogen) atoms. The first-order valence-electron chi connectivity index (χ1n) is 5.44. The van der Waals surface area contributed by atoms with Gasteiger partial charge < -0.3 is 15.1 Å². The van der Waals surface area contributed by atoms with E-state index >= 15 is 0 Å². The molecule has 0 saturated carbocycles. The first-order chi connectivity index (χ1) is 8.22. The molecule has 88 valence electrons. The van der Waals surface area contributed by atoms with E-state index in [1.54, 1.807) is 17.0 Å². The van der Waals surface area contributed by atoms with Gasteiger partial charge in [-0.25, -0.2) is 0 Å². The predicted molar refractivity (Wildman–Crippen MR) is 66.9 cm³/mol. The van der Waals surface area contributed by atoms with E-state index in [9.17, 15) is 4.79 Å². The van der Waals surface area contributed by atoms with Gasteiger partial charge in [0.05, 0.1) is 0 Å². The van der Waals surface area contributed by atoms with Crippen LogP contribution in [0.15, 0.2) is 46.9 Å². The van der Waals surface area contributed by atoms with Crippen LogP contribution >= 0.6 is 0 Å². The van der Waals surface area contributed by atoms with Crippen molar-refractivity contribution in [1.82, 2.24) is 0 Å². The minimum Gasteiger partial charge on any atom is -0.436 e. The number of nitrogens with zero attached hydrogens (tertiary/aromatic N) is 1. The van der Waals surface area contributed by atoms with Gasteiger partial charge in [0.1, 0.15) is 0 Å². The molecule has 2 rings (SSSR count). The summed E-state index contributed by atoms with van der Waals surface area (Å²) in [7, 11) is 0. The summed E-state index contributed by atoms with van der Waals surface area (Å²) in [6.45, 7) is 2.49. The third kappa shape index (κ3) is 2.30. The van der Waals surface area contributed by atoms with Gasteiger partial charge in [0.15, 0.2) is 11.6 Å². The Kier molecular flexibility index (Phi) is 3.14. The number of carbonyl (C=O) groups is 1. The Morgan fingerprint density at radius 3 is 2.47 bits per heavy atom. The summed E-state index contributed by atoms with van der Waals surface area (Å²) in [5, 5.41) is 0. The Bertz CT molecular complexity index is 505. The van der Waals surface area contributed by atoms with E-state index in [0.717, 1.165) is 5.69 Å². The van der Waals surface area contributed by atoms with E-state index in [0.29, 0.717) is 6.54 Å². The Balaban J connectivity index is 2.28. The predicted octanol–water partition coefficient (Wildman–Crippen LogP) is 2.53. The fraction of sp³-hybridized carbons (Fsp3) is 0.154. The number of anilines is 2. The van der Waals surface area contributed by atoms with Crippen LogP contribution in [0.25, 0.3) is 0 Å². The molecule has 1 heterocycles. The lowest BCUT2D eigenvalue weighted by atomic mass is 10.2. The molecule has 4 nitrogen and oxygen atoms in total. The molecule has 0 aliphatic heterocycles. The third-order valence-corrected chi connectivity index (χ3v) is 2.47. The molecule has 2 aromatic rings. The number of nitrogens with two attached hydrogens (primary N) is 1. The van der Waals surface area contributed by atoms with Crippen LogP contribution in [0.4, 0.5) is 11.6 Å². The van der Waals surface area contributed by atoms with Crippen molar-refractivity contribution in [1.29, 1.82) is 0 Å². The number of benzene rings is 1. The van der Waals surface area contributed by atoms with Crippen molar-refractivity contribution in [2.45, 2.75) is 6.92 Å². The molecule has 0 spiro atoms. The Hall–Kier alpha value is -2.23. The first-order valence-corrected chi connectivity index (χ1v) is 5.44. The average molecular weight is 230 g/mol. The number of para-hydroxylation sites is 1. The Morgan fingerprint density at radius 1 is 1.24 bits per heavy atom. The molecule has 4 heteroatoms. The fourth-order valence-electron chi connectivity index (χ4n) is 1.65. The van der Waals surface area contributed by atoms with Gasteiger partial charge in [-0.1, -0.05) is 18.2 Å². The number of nitrogen functional groups attached to an aromatic ring is 1. The van der Waals surface area contributed by atoms with Crippen LogP contribution in [0.3, 0.4) is 0 Å². The van der Waals surface area contributed by atoms with Gasteiger partial charge in [0.2, 0.25) is 0 Å². The topological polar surface area (TPSA) is 59.5 Å². The second-order valence-corrected chi connectivity index (χ2v) is 3.59. The van der Waals surface area contributed by atoms with E-state index in [1.165, 1.54) is 0 Å². The van der Waals surface area contributed by atoms with Gasteiger partial charge in [-0.3, -0.25) is 4.79 Å². The molecular weight excluding hydrogens is 216 g/mol. The maximum atomic E-state index is 12.2. The normalized spacial score (nSPS) is 10.2. The average Bonchev–Trinajstić information content (AvgIpc) is 2.78. The maximum absolute atomic E-state index is 12.2. The van der Waals surface area contributed by atoms with Crippen molar-refractivity contribution in [3.8, 4) is 0 Å². The lowest BCUT2D eigenvalue weighted by molar-refractivity contribution is 0.0962. The summed E-state index contributed by atoms with van der Waals surface area (Å²) >= 11 is 0. The van der Waals surface area contributed by atoms with Crippen molar-refractivity contribution in [2.75, 3.05) is 17.2 Å². The maximum Gasteiger partial charge on any atom is 0.294 e. The molecule has 0 fully saturated rings. The van der Waals surface area contributed by atoms with Crippen molar-refractivity contribution in [3.63, 3.8) is 0 Å². The quantitative estimate of drug-likeness (QED) is 0.881. The molecule has 0 aliphatic rings. The van der Waals surface area contributed by atoms with Crippen LogP contribution in [0.5, 0.6) is 0 Å². The highest BCUT2D eigenvalue weighted by Gasteiger charge is 2.18. The SMILES string of the molecule is CCN(C(=O)c1ccc(N)o1)c1ccccc1. The van der Waals surface area contributed by atoms with Crippen molar-refractivity contribution >= 4 is 17.5 Å². The van der Waals surface area contributed by atoms with Crippen LogP contribution < -0.4 is 10.6 Å². The molecule has 1 amide bonds. The minimum atomic E-state index is -0.185. The fourth-order valence-corrected chi connectivity index (χ4v) is 1.65. The highest BCUT2D eigenvalue weighted by Crippen LogP contribution is 2.18. The van der Waals surface area contributed by atoms with Crippen LogP contribution in [-0.4, -0.2) is 12.5 Å². The zero-order valence-electron chi connectivity index (χ0n) is 9.59. The highest BCUT2D eigenvalue weighted by atomic mass is 16.4. The Labute approximate surface area is 99.6 Å². The summed E-state index contributed by atoms with van der Waals surface area (Å²) in [4.78, 5) is 13.8. The second kappa shape index (κ2) is 4.74. The smallest absolute Gasteiger partial charge is 0.294 e. The van der Waals surface area contributed by atoms with Crippen LogP contribution in [0.2, 0.25) is 0 Å². The van der Waals surface area contributed by atoms with Crippen molar-refractivity contribution in [3.05, 3.63) is 48.2 Å². The van der Waals surface area contributed by atoms with Gasteiger partial charge in [-0.2, -0.15) is 0 Å². The van der Waals surface area contributed by atoms with Gasteiger partial charge in [-0.15, -0.1) is 0 Å². The summed E-state index contributed by atoms with van der Waals surface area (Å²) in [5.74, 6) is 0.320. The number of rotatable bonds is 3. The van der Waals surface area contributed by atoms with E-state index in [-0.39, 0.29) is 17.6 Å². The zero-order chi connectivity index (χ0) is 12.3. The lowest BCUT2D eigenvalue weighted by Gasteiger charge is -2.19.